The third-order valence-corrected chi connectivity index (χ3v) is 6.06. The lowest BCUT2D eigenvalue weighted by Crippen LogP contribution is -2.39. The average molecular weight is 380 g/mol. The predicted octanol–water partition coefficient (Wildman–Crippen LogP) is 1.01. The minimum absolute atomic E-state index is 0.117. The summed E-state index contributed by atoms with van der Waals surface area (Å²) in [5, 5.41) is 9.28. The van der Waals surface area contributed by atoms with Crippen LogP contribution in [0.2, 0.25) is 0 Å². The summed E-state index contributed by atoms with van der Waals surface area (Å²) in [6, 6.07) is 7.55. The zero-order valence-electron chi connectivity index (χ0n) is 15.4. The first-order valence-corrected chi connectivity index (χ1v) is 9.57. The number of aryl methyl sites for hydroxylation is 2. The monoisotopic (exact) mass is 380 g/mol. The van der Waals surface area contributed by atoms with Crippen LogP contribution in [0.25, 0.3) is 0 Å². The van der Waals surface area contributed by atoms with Gasteiger partial charge in [0, 0.05) is 13.6 Å². The van der Waals surface area contributed by atoms with Crippen molar-refractivity contribution in [3.63, 3.8) is 0 Å². The molecule has 1 heterocycles. The number of benzene rings is 1. The van der Waals surface area contributed by atoms with Crippen LogP contribution < -0.4 is 10.1 Å². The van der Waals surface area contributed by atoms with E-state index in [0.717, 1.165) is 15.6 Å². The van der Waals surface area contributed by atoms with Gasteiger partial charge in [0.1, 0.15) is 10.6 Å². The van der Waals surface area contributed by atoms with Crippen molar-refractivity contribution < 1.29 is 17.9 Å². The molecule has 9 heteroatoms. The summed E-state index contributed by atoms with van der Waals surface area (Å²) in [4.78, 5) is 12.2. The van der Waals surface area contributed by atoms with Gasteiger partial charge in [-0.3, -0.25) is 9.89 Å². The van der Waals surface area contributed by atoms with Crippen LogP contribution in [-0.4, -0.2) is 56.1 Å². The highest BCUT2D eigenvalue weighted by Gasteiger charge is 2.28. The van der Waals surface area contributed by atoms with Crippen LogP contribution in [0.5, 0.6) is 5.75 Å². The van der Waals surface area contributed by atoms with Crippen LogP contribution in [0.1, 0.15) is 17.0 Å². The SMILES string of the molecule is COc1ccc(CCNC(=O)CN(C)S(=O)(=O)c2c(C)n[nH]c2C)cc1. The lowest BCUT2D eigenvalue weighted by Gasteiger charge is -2.17. The van der Waals surface area contributed by atoms with Crippen molar-refractivity contribution in [2.75, 3.05) is 27.2 Å². The number of hydrogen-bond acceptors (Lipinski definition) is 5. The molecule has 0 fully saturated rings. The van der Waals surface area contributed by atoms with Gasteiger partial charge in [-0.25, -0.2) is 8.42 Å². The number of sulfonamides is 1. The molecular formula is C17H24N4O4S. The molecule has 2 rings (SSSR count). The van der Waals surface area contributed by atoms with Gasteiger partial charge in [-0.15, -0.1) is 0 Å². The maximum atomic E-state index is 12.6. The smallest absolute Gasteiger partial charge is 0.246 e. The van der Waals surface area contributed by atoms with E-state index in [2.05, 4.69) is 15.5 Å². The van der Waals surface area contributed by atoms with Crippen LogP contribution in [-0.2, 0) is 21.2 Å². The molecule has 0 aliphatic carbocycles. The summed E-state index contributed by atoms with van der Waals surface area (Å²) in [6.07, 6.45) is 0.645. The Morgan fingerprint density at radius 3 is 2.46 bits per heavy atom. The minimum atomic E-state index is -3.77. The van der Waals surface area contributed by atoms with E-state index in [9.17, 15) is 13.2 Å². The summed E-state index contributed by atoms with van der Waals surface area (Å²) in [7, 11) is -0.789. The van der Waals surface area contributed by atoms with Gasteiger partial charge in [0.25, 0.3) is 0 Å². The second kappa shape index (κ2) is 8.33. The highest BCUT2D eigenvalue weighted by Crippen LogP contribution is 2.20. The first-order chi connectivity index (χ1) is 12.3. The largest absolute Gasteiger partial charge is 0.497 e. The third kappa shape index (κ3) is 4.61. The lowest BCUT2D eigenvalue weighted by molar-refractivity contribution is -0.121. The molecule has 0 aliphatic rings. The van der Waals surface area contributed by atoms with E-state index in [1.807, 2.05) is 24.3 Å². The van der Waals surface area contributed by atoms with E-state index < -0.39 is 10.0 Å². The summed E-state index contributed by atoms with van der Waals surface area (Å²) in [6.45, 7) is 3.41. The Morgan fingerprint density at radius 2 is 1.92 bits per heavy atom. The molecule has 1 aromatic heterocycles. The molecular weight excluding hydrogens is 356 g/mol. The Balaban J connectivity index is 1.88. The van der Waals surface area contributed by atoms with Crippen molar-refractivity contribution in [2.45, 2.75) is 25.2 Å². The Labute approximate surface area is 153 Å². The van der Waals surface area contributed by atoms with Gasteiger partial charge < -0.3 is 10.1 Å². The molecule has 2 aromatic rings. The number of rotatable bonds is 8. The Hall–Kier alpha value is -2.39. The average Bonchev–Trinajstić information content (AvgIpc) is 2.94. The number of nitrogens with zero attached hydrogens (tertiary/aromatic N) is 2. The van der Waals surface area contributed by atoms with Crippen molar-refractivity contribution in [3.8, 4) is 5.75 Å². The summed E-state index contributed by atoms with van der Waals surface area (Å²) >= 11 is 0. The number of likely N-dealkylation sites (N-methyl/N-ethyl adjacent to an activating group) is 1. The number of hydrogen-bond donors (Lipinski definition) is 2. The fraction of sp³-hybridized carbons (Fsp3) is 0.412. The van der Waals surface area contributed by atoms with Crippen LogP contribution in [0.4, 0.5) is 0 Å². The van der Waals surface area contributed by atoms with Gasteiger partial charge in [-0.2, -0.15) is 9.40 Å². The van der Waals surface area contributed by atoms with Crippen molar-refractivity contribution in [1.82, 2.24) is 19.8 Å². The van der Waals surface area contributed by atoms with E-state index in [-0.39, 0.29) is 17.3 Å². The third-order valence-electron chi connectivity index (χ3n) is 3.99. The predicted molar refractivity (Wildman–Crippen MR) is 97.6 cm³/mol. The number of carbonyl (C=O) groups is 1. The topological polar surface area (TPSA) is 104 Å². The molecule has 1 aromatic carbocycles. The van der Waals surface area contributed by atoms with Gasteiger partial charge in [-0.05, 0) is 38.0 Å². The second-order valence-corrected chi connectivity index (χ2v) is 7.95. The maximum absolute atomic E-state index is 12.6. The van der Waals surface area contributed by atoms with Gasteiger partial charge in [-0.1, -0.05) is 12.1 Å². The fourth-order valence-corrected chi connectivity index (χ4v) is 4.01. The normalized spacial score (nSPS) is 11.6. The fourth-order valence-electron chi connectivity index (χ4n) is 2.56. The first kappa shape index (κ1) is 19.9. The minimum Gasteiger partial charge on any atom is -0.497 e. The maximum Gasteiger partial charge on any atom is 0.246 e. The van der Waals surface area contributed by atoms with Crippen LogP contribution >= 0.6 is 0 Å². The molecule has 0 radical (unpaired) electrons. The van der Waals surface area contributed by atoms with E-state index >= 15 is 0 Å². The molecule has 0 unspecified atom stereocenters. The number of carbonyl (C=O) groups excluding carboxylic acids is 1. The highest BCUT2D eigenvalue weighted by molar-refractivity contribution is 7.89. The first-order valence-electron chi connectivity index (χ1n) is 8.13. The molecule has 1 amide bonds. The van der Waals surface area contributed by atoms with Gasteiger partial charge >= 0.3 is 0 Å². The van der Waals surface area contributed by atoms with E-state index in [0.29, 0.717) is 24.4 Å². The number of aromatic amines is 1. The number of methoxy groups -OCH3 is 1. The second-order valence-electron chi connectivity index (χ2n) is 5.97. The van der Waals surface area contributed by atoms with Gasteiger partial charge in [0.15, 0.2) is 0 Å². The van der Waals surface area contributed by atoms with Crippen molar-refractivity contribution in [1.29, 1.82) is 0 Å². The molecule has 0 bridgehead atoms. The zero-order valence-corrected chi connectivity index (χ0v) is 16.2. The molecule has 26 heavy (non-hydrogen) atoms. The zero-order chi connectivity index (χ0) is 19.3. The summed E-state index contributed by atoms with van der Waals surface area (Å²) < 4.78 is 31.3. The molecule has 8 nitrogen and oxygen atoms in total. The molecule has 142 valence electrons. The van der Waals surface area contributed by atoms with E-state index in [1.54, 1.807) is 21.0 Å². The van der Waals surface area contributed by atoms with Crippen molar-refractivity contribution in [2.24, 2.45) is 0 Å². The number of ether oxygens (including phenoxy) is 1. The van der Waals surface area contributed by atoms with Crippen molar-refractivity contribution in [3.05, 3.63) is 41.2 Å². The Kier molecular flexibility index (Phi) is 6.38. The standard InChI is InChI=1S/C17H24N4O4S/c1-12-17(13(2)20-19-12)26(23,24)21(3)11-16(22)18-10-9-14-5-7-15(25-4)8-6-14/h5-8H,9-11H2,1-4H3,(H,18,22)(H,19,20). The quantitative estimate of drug-likeness (QED) is 0.711. The summed E-state index contributed by atoms with van der Waals surface area (Å²) in [5.74, 6) is 0.415. The highest BCUT2D eigenvalue weighted by atomic mass is 32.2. The van der Waals surface area contributed by atoms with Crippen LogP contribution in [0, 0.1) is 13.8 Å². The van der Waals surface area contributed by atoms with Gasteiger partial charge in [0.05, 0.1) is 25.0 Å². The molecule has 0 saturated carbocycles. The van der Waals surface area contributed by atoms with Gasteiger partial charge in [0.2, 0.25) is 15.9 Å². The number of nitrogens with one attached hydrogen (secondary N) is 2. The van der Waals surface area contributed by atoms with E-state index in [4.69, 9.17) is 4.74 Å². The number of H-pyrrole nitrogens is 1. The Bertz CT molecular complexity index is 840. The summed E-state index contributed by atoms with van der Waals surface area (Å²) in [5.41, 5.74) is 1.89. The van der Waals surface area contributed by atoms with E-state index in [1.165, 1.54) is 7.05 Å². The van der Waals surface area contributed by atoms with Crippen molar-refractivity contribution >= 4 is 15.9 Å². The molecule has 0 atom stereocenters. The number of aromatic nitrogens is 2. The molecule has 0 saturated heterocycles. The molecule has 0 aliphatic heterocycles. The number of amides is 1. The van der Waals surface area contributed by atoms with Crippen LogP contribution in [0.15, 0.2) is 29.2 Å². The molecule has 2 N–H and O–H groups in total. The Morgan fingerprint density at radius 1 is 1.27 bits per heavy atom. The van der Waals surface area contributed by atoms with Crippen LogP contribution in [0.3, 0.4) is 0 Å². The molecule has 0 spiro atoms. The lowest BCUT2D eigenvalue weighted by atomic mass is 10.1.